The molecule has 0 aromatic heterocycles. The third-order valence-corrected chi connectivity index (χ3v) is 1.61. The minimum Gasteiger partial charge on any atom is -0.396 e. The Kier molecular flexibility index (Phi) is 4.65. The molecule has 0 saturated carbocycles. The van der Waals surface area contributed by atoms with Gasteiger partial charge in [0.05, 0.1) is 6.61 Å². The Morgan fingerprint density at radius 1 is 1.27 bits per heavy atom. The fourth-order valence-corrected chi connectivity index (χ4v) is 1.03. The van der Waals surface area contributed by atoms with Crippen molar-refractivity contribution in [3.63, 3.8) is 0 Å². The molecule has 0 bridgehead atoms. The van der Waals surface area contributed by atoms with E-state index in [1.165, 1.54) is 0 Å². The van der Waals surface area contributed by atoms with Crippen molar-refractivity contribution in [3.8, 4) is 0 Å². The second kappa shape index (κ2) is 4.70. The molecule has 11 heavy (non-hydrogen) atoms. The Morgan fingerprint density at radius 3 is 2.18 bits per heavy atom. The van der Waals surface area contributed by atoms with Gasteiger partial charge in [0.25, 0.3) is 0 Å². The van der Waals surface area contributed by atoms with Crippen molar-refractivity contribution >= 4 is 0 Å². The minimum absolute atomic E-state index is 0.0656. The van der Waals surface area contributed by atoms with Crippen LogP contribution < -0.4 is 0 Å². The van der Waals surface area contributed by atoms with E-state index in [1.807, 2.05) is 25.8 Å². The molecule has 0 aliphatic carbocycles. The van der Waals surface area contributed by atoms with Crippen molar-refractivity contribution in [1.29, 1.82) is 0 Å². The van der Waals surface area contributed by atoms with Crippen LogP contribution in [0.5, 0.6) is 0 Å². The van der Waals surface area contributed by atoms with Crippen LogP contribution in [0.1, 0.15) is 13.8 Å². The number of hydrogen-bond donors (Lipinski definition) is 2. The van der Waals surface area contributed by atoms with Crippen molar-refractivity contribution in [1.82, 2.24) is 4.90 Å². The maximum atomic E-state index is 8.92. The molecule has 0 rings (SSSR count). The minimum atomic E-state index is -0.0656. The van der Waals surface area contributed by atoms with E-state index in [1.54, 1.807) is 0 Å². The lowest BCUT2D eigenvalue weighted by molar-refractivity contribution is 0.105. The van der Waals surface area contributed by atoms with E-state index >= 15 is 0 Å². The van der Waals surface area contributed by atoms with Gasteiger partial charge in [-0.25, -0.2) is 0 Å². The van der Waals surface area contributed by atoms with Crippen LogP contribution >= 0.6 is 0 Å². The number of aliphatic hydroxyl groups is 2. The van der Waals surface area contributed by atoms with Gasteiger partial charge in [-0.1, -0.05) is 13.8 Å². The summed E-state index contributed by atoms with van der Waals surface area (Å²) in [6, 6.07) is 0. The van der Waals surface area contributed by atoms with Gasteiger partial charge in [0, 0.05) is 25.1 Å². The average Bonchev–Trinajstić information content (AvgIpc) is 1.87. The Labute approximate surface area is 68.6 Å². The van der Waals surface area contributed by atoms with Crippen LogP contribution in [0.4, 0.5) is 0 Å². The Balaban J connectivity index is 3.64. The van der Waals surface area contributed by atoms with E-state index in [0.717, 1.165) is 6.54 Å². The summed E-state index contributed by atoms with van der Waals surface area (Å²) in [5.41, 5.74) is -0.0656. The first kappa shape index (κ1) is 10.9. The molecule has 0 atom stereocenters. The summed E-state index contributed by atoms with van der Waals surface area (Å²) in [5.74, 6) is 0. The van der Waals surface area contributed by atoms with Crippen molar-refractivity contribution in [2.45, 2.75) is 13.8 Å². The topological polar surface area (TPSA) is 43.7 Å². The van der Waals surface area contributed by atoms with Gasteiger partial charge in [-0.05, 0) is 7.05 Å². The summed E-state index contributed by atoms with van der Waals surface area (Å²) in [6.45, 7) is 5.84. The highest BCUT2D eigenvalue weighted by Gasteiger charge is 2.18. The Hall–Kier alpha value is -0.120. The highest BCUT2D eigenvalue weighted by atomic mass is 16.3. The van der Waals surface area contributed by atoms with Gasteiger partial charge in [-0.3, -0.25) is 0 Å². The third-order valence-electron chi connectivity index (χ3n) is 1.61. The smallest absolute Gasteiger partial charge is 0.0558 e. The predicted molar refractivity (Wildman–Crippen MR) is 45.4 cm³/mol. The van der Waals surface area contributed by atoms with Gasteiger partial charge >= 0.3 is 0 Å². The standard InChI is InChI=1S/C8H19NO2/c1-8(2,7-11)6-9(3)4-5-10/h10-11H,4-7H2,1-3H3. The van der Waals surface area contributed by atoms with Gasteiger partial charge in [0.1, 0.15) is 0 Å². The summed E-state index contributed by atoms with van der Waals surface area (Å²) in [7, 11) is 1.94. The van der Waals surface area contributed by atoms with Crippen LogP contribution in [0.3, 0.4) is 0 Å². The van der Waals surface area contributed by atoms with Crippen LogP contribution in [0.2, 0.25) is 0 Å². The normalized spacial score (nSPS) is 12.5. The zero-order valence-electron chi connectivity index (χ0n) is 7.67. The van der Waals surface area contributed by atoms with Gasteiger partial charge in [-0.2, -0.15) is 0 Å². The predicted octanol–water partition coefficient (Wildman–Crippen LogP) is -0.0710. The largest absolute Gasteiger partial charge is 0.396 e. The molecule has 0 aromatic carbocycles. The molecule has 0 heterocycles. The molecule has 2 N–H and O–H groups in total. The average molecular weight is 161 g/mol. The molecule has 0 spiro atoms. The Bertz CT molecular complexity index is 104. The zero-order chi connectivity index (χ0) is 8.91. The van der Waals surface area contributed by atoms with E-state index in [-0.39, 0.29) is 18.6 Å². The fourth-order valence-electron chi connectivity index (χ4n) is 1.03. The van der Waals surface area contributed by atoms with Crippen LogP contribution in [-0.2, 0) is 0 Å². The fraction of sp³-hybridized carbons (Fsp3) is 1.00. The molecule has 0 saturated heterocycles. The van der Waals surface area contributed by atoms with E-state index < -0.39 is 0 Å². The van der Waals surface area contributed by atoms with E-state index in [4.69, 9.17) is 10.2 Å². The molecular weight excluding hydrogens is 142 g/mol. The van der Waals surface area contributed by atoms with Gasteiger partial charge < -0.3 is 15.1 Å². The lowest BCUT2D eigenvalue weighted by atomic mass is 9.94. The van der Waals surface area contributed by atoms with Crippen LogP contribution in [0.25, 0.3) is 0 Å². The molecule has 68 valence electrons. The summed E-state index contributed by atoms with van der Waals surface area (Å²) in [5, 5.41) is 17.5. The number of aliphatic hydroxyl groups excluding tert-OH is 2. The molecule has 0 amide bonds. The highest BCUT2D eigenvalue weighted by Crippen LogP contribution is 2.14. The molecule has 3 nitrogen and oxygen atoms in total. The molecule has 0 radical (unpaired) electrons. The van der Waals surface area contributed by atoms with Crippen LogP contribution in [0.15, 0.2) is 0 Å². The second-order valence-corrected chi connectivity index (χ2v) is 3.78. The van der Waals surface area contributed by atoms with Crippen molar-refractivity contribution in [2.24, 2.45) is 5.41 Å². The van der Waals surface area contributed by atoms with E-state index in [2.05, 4.69) is 0 Å². The highest BCUT2D eigenvalue weighted by molar-refractivity contribution is 4.70. The maximum absolute atomic E-state index is 8.92. The summed E-state index contributed by atoms with van der Waals surface area (Å²) < 4.78 is 0. The molecule has 0 unspecified atom stereocenters. The molecule has 0 aliphatic heterocycles. The third kappa shape index (κ3) is 5.18. The monoisotopic (exact) mass is 161 g/mol. The maximum Gasteiger partial charge on any atom is 0.0558 e. The first-order valence-corrected chi connectivity index (χ1v) is 3.92. The molecule has 0 fully saturated rings. The van der Waals surface area contributed by atoms with Crippen molar-refractivity contribution in [2.75, 3.05) is 33.4 Å². The number of likely N-dealkylation sites (N-methyl/N-ethyl adjacent to an activating group) is 1. The molecule has 0 aromatic rings. The van der Waals surface area contributed by atoms with Gasteiger partial charge in [-0.15, -0.1) is 0 Å². The van der Waals surface area contributed by atoms with Crippen LogP contribution in [-0.4, -0.2) is 48.5 Å². The molecule has 0 aliphatic rings. The number of nitrogens with zero attached hydrogens (tertiary/aromatic N) is 1. The first-order valence-electron chi connectivity index (χ1n) is 3.92. The SMILES string of the molecule is CN(CCO)CC(C)(C)CO. The molecular formula is C8H19NO2. The zero-order valence-corrected chi connectivity index (χ0v) is 7.67. The lowest BCUT2D eigenvalue weighted by Crippen LogP contribution is -2.35. The van der Waals surface area contributed by atoms with E-state index in [9.17, 15) is 0 Å². The lowest BCUT2D eigenvalue weighted by Gasteiger charge is -2.27. The number of hydrogen-bond acceptors (Lipinski definition) is 3. The first-order chi connectivity index (χ1) is 5.02. The van der Waals surface area contributed by atoms with Crippen molar-refractivity contribution in [3.05, 3.63) is 0 Å². The summed E-state index contributed by atoms with van der Waals surface area (Å²) in [6.07, 6.45) is 0. The van der Waals surface area contributed by atoms with Crippen LogP contribution in [0, 0.1) is 5.41 Å². The van der Waals surface area contributed by atoms with Gasteiger partial charge in [0.2, 0.25) is 0 Å². The molecule has 3 heteroatoms. The van der Waals surface area contributed by atoms with Crippen molar-refractivity contribution < 1.29 is 10.2 Å². The van der Waals surface area contributed by atoms with Gasteiger partial charge in [0.15, 0.2) is 0 Å². The summed E-state index contributed by atoms with van der Waals surface area (Å²) in [4.78, 5) is 2.01. The quantitative estimate of drug-likeness (QED) is 0.593. The number of rotatable bonds is 5. The summed E-state index contributed by atoms with van der Waals surface area (Å²) >= 11 is 0. The Morgan fingerprint density at radius 2 is 1.82 bits per heavy atom. The second-order valence-electron chi connectivity index (χ2n) is 3.78. The van der Waals surface area contributed by atoms with E-state index in [0.29, 0.717) is 6.54 Å².